The Bertz CT molecular complexity index is 213. The molecule has 0 aromatic rings. The smallest absolute Gasteiger partial charge is 0.0166 e. The number of nitrogens with zero attached hydrogens (tertiary/aromatic N) is 1. The van der Waals surface area contributed by atoms with E-state index in [4.69, 9.17) is 0 Å². The highest BCUT2D eigenvalue weighted by Crippen LogP contribution is 2.40. The van der Waals surface area contributed by atoms with Crippen LogP contribution in [-0.4, -0.2) is 36.6 Å². The summed E-state index contributed by atoms with van der Waals surface area (Å²) in [6.07, 6.45) is 5.57. The minimum Gasteiger partial charge on any atom is -0.313 e. The predicted octanol–water partition coefficient (Wildman–Crippen LogP) is 2.25. The van der Waals surface area contributed by atoms with Gasteiger partial charge in [0.15, 0.2) is 0 Å². The van der Waals surface area contributed by atoms with E-state index in [0.29, 0.717) is 11.5 Å². The van der Waals surface area contributed by atoms with Crippen LogP contribution in [0, 0.1) is 5.41 Å². The molecule has 1 aliphatic carbocycles. The fourth-order valence-corrected chi connectivity index (χ4v) is 3.41. The molecule has 1 heterocycles. The van der Waals surface area contributed by atoms with Crippen molar-refractivity contribution >= 4 is 0 Å². The van der Waals surface area contributed by atoms with Crippen molar-refractivity contribution in [1.29, 1.82) is 0 Å². The molecule has 0 spiro atoms. The minimum atomic E-state index is 0.546. The van der Waals surface area contributed by atoms with Crippen molar-refractivity contribution in [3.05, 3.63) is 0 Å². The lowest BCUT2D eigenvalue weighted by Crippen LogP contribution is -2.45. The van der Waals surface area contributed by atoms with Gasteiger partial charge in [0.25, 0.3) is 0 Å². The van der Waals surface area contributed by atoms with E-state index in [0.717, 1.165) is 6.04 Å². The quantitative estimate of drug-likeness (QED) is 0.714. The van der Waals surface area contributed by atoms with Crippen LogP contribution in [0.15, 0.2) is 0 Å². The van der Waals surface area contributed by atoms with E-state index in [9.17, 15) is 0 Å². The summed E-state index contributed by atoms with van der Waals surface area (Å²) in [6, 6.07) is 1.50. The molecule has 1 saturated carbocycles. The van der Waals surface area contributed by atoms with Crippen molar-refractivity contribution in [3.8, 4) is 0 Å². The van der Waals surface area contributed by atoms with Crippen molar-refractivity contribution < 1.29 is 0 Å². The van der Waals surface area contributed by atoms with Crippen molar-refractivity contribution in [2.75, 3.05) is 19.6 Å². The maximum absolute atomic E-state index is 3.58. The largest absolute Gasteiger partial charge is 0.313 e. The SMILES string of the molecule is CC1CN(C2CCCC2(C)C)CCCN1. The van der Waals surface area contributed by atoms with Gasteiger partial charge in [0.05, 0.1) is 0 Å². The third-order valence-corrected chi connectivity index (χ3v) is 4.26. The predicted molar refractivity (Wildman–Crippen MR) is 65.1 cm³/mol. The Kier molecular flexibility index (Phi) is 3.36. The van der Waals surface area contributed by atoms with E-state index in [1.54, 1.807) is 0 Å². The first-order valence-corrected chi connectivity index (χ1v) is 6.57. The standard InChI is InChI=1S/C13H26N2/c1-11-10-15(9-5-8-14-11)12-6-4-7-13(12,2)3/h11-12,14H,4-10H2,1-3H3. The van der Waals surface area contributed by atoms with E-state index in [1.165, 1.54) is 45.3 Å². The highest BCUT2D eigenvalue weighted by Gasteiger charge is 2.38. The number of hydrogen-bond donors (Lipinski definition) is 1. The molecule has 1 N–H and O–H groups in total. The van der Waals surface area contributed by atoms with Crippen LogP contribution in [0.1, 0.15) is 46.5 Å². The number of nitrogens with one attached hydrogen (secondary N) is 1. The molecule has 0 bridgehead atoms. The second-order valence-corrected chi connectivity index (χ2v) is 6.10. The monoisotopic (exact) mass is 210 g/mol. The molecule has 2 atom stereocenters. The summed E-state index contributed by atoms with van der Waals surface area (Å²) in [6.45, 7) is 11.0. The van der Waals surface area contributed by atoms with Crippen LogP contribution in [0.25, 0.3) is 0 Å². The fraction of sp³-hybridized carbons (Fsp3) is 1.00. The zero-order chi connectivity index (χ0) is 10.9. The first kappa shape index (κ1) is 11.4. The molecule has 2 aliphatic rings. The molecule has 15 heavy (non-hydrogen) atoms. The Morgan fingerprint density at radius 2 is 2.07 bits per heavy atom. The molecular weight excluding hydrogens is 184 g/mol. The summed E-state index contributed by atoms with van der Waals surface area (Å²) in [4.78, 5) is 2.75. The molecule has 2 unspecified atom stereocenters. The summed E-state index contributed by atoms with van der Waals surface area (Å²) < 4.78 is 0. The Morgan fingerprint density at radius 3 is 2.73 bits per heavy atom. The van der Waals surface area contributed by atoms with E-state index >= 15 is 0 Å². The van der Waals surface area contributed by atoms with Gasteiger partial charge in [0.1, 0.15) is 0 Å². The van der Waals surface area contributed by atoms with Crippen molar-refractivity contribution in [2.24, 2.45) is 5.41 Å². The molecule has 0 aromatic carbocycles. The van der Waals surface area contributed by atoms with E-state index in [-0.39, 0.29) is 0 Å². The molecule has 2 fully saturated rings. The number of rotatable bonds is 1. The Hall–Kier alpha value is -0.0800. The summed E-state index contributed by atoms with van der Waals surface area (Å²) in [7, 11) is 0. The van der Waals surface area contributed by atoms with Gasteiger partial charge < -0.3 is 5.32 Å². The van der Waals surface area contributed by atoms with E-state index in [1.807, 2.05) is 0 Å². The zero-order valence-corrected chi connectivity index (χ0v) is 10.6. The van der Waals surface area contributed by atoms with Crippen molar-refractivity contribution in [1.82, 2.24) is 10.2 Å². The van der Waals surface area contributed by atoms with E-state index < -0.39 is 0 Å². The lowest BCUT2D eigenvalue weighted by atomic mass is 9.86. The maximum atomic E-state index is 3.58. The van der Waals surface area contributed by atoms with Crippen LogP contribution >= 0.6 is 0 Å². The summed E-state index contributed by atoms with van der Waals surface area (Å²) in [5.74, 6) is 0. The normalized spacial score (nSPS) is 37.8. The van der Waals surface area contributed by atoms with Crippen LogP contribution in [0.4, 0.5) is 0 Å². The molecule has 0 amide bonds. The minimum absolute atomic E-state index is 0.546. The van der Waals surface area contributed by atoms with E-state index in [2.05, 4.69) is 31.0 Å². The van der Waals surface area contributed by atoms with Crippen LogP contribution in [0.5, 0.6) is 0 Å². The first-order chi connectivity index (χ1) is 7.09. The second kappa shape index (κ2) is 4.42. The molecule has 2 nitrogen and oxygen atoms in total. The van der Waals surface area contributed by atoms with Crippen LogP contribution < -0.4 is 5.32 Å². The Labute approximate surface area is 94.4 Å². The van der Waals surface area contributed by atoms with Gasteiger partial charge in [0, 0.05) is 18.6 Å². The topological polar surface area (TPSA) is 15.3 Å². The molecule has 0 radical (unpaired) electrons. The van der Waals surface area contributed by atoms with Crippen LogP contribution in [0.3, 0.4) is 0 Å². The van der Waals surface area contributed by atoms with Crippen molar-refractivity contribution in [2.45, 2.75) is 58.5 Å². The Balaban J connectivity index is 2.02. The summed E-state index contributed by atoms with van der Waals surface area (Å²) >= 11 is 0. The number of hydrogen-bond acceptors (Lipinski definition) is 2. The van der Waals surface area contributed by atoms with Gasteiger partial charge in [-0.25, -0.2) is 0 Å². The zero-order valence-electron chi connectivity index (χ0n) is 10.6. The molecule has 88 valence electrons. The summed E-state index contributed by atoms with van der Waals surface area (Å²) in [5.41, 5.74) is 0.546. The first-order valence-electron chi connectivity index (χ1n) is 6.57. The molecule has 1 saturated heterocycles. The molecule has 0 aromatic heterocycles. The molecular formula is C13H26N2. The van der Waals surface area contributed by atoms with Crippen LogP contribution in [-0.2, 0) is 0 Å². The average molecular weight is 210 g/mol. The molecule has 2 rings (SSSR count). The lowest BCUT2D eigenvalue weighted by Gasteiger charge is -2.37. The third-order valence-electron chi connectivity index (χ3n) is 4.26. The second-order valence-electron chi connectivity index (χ2n) is 6.10. The van der Waals surface area contributed by atoms with Gasteiger partial charge in [-0.1, -0.05) is 20.3 Å². The Morgan fingerprint density at radius 1 is 1.27 bits per heavy atom. The van der Waals surface area contributed by atoms with Crippen LogP contribution in [0.2, 0.25) is 0 Å². The highest BCUT2D eigenvalue weighted by atomic mass is 15.2. The average Bonchev–Trinajstić information content (AvgIpc) is 2.38. The molecule has 2 heteroatoms. The van der Waals surface area contributed by atoms with Gasteiger partial charge in [-0.15, -0.1) is 0 Å². The van der Waals surface area contributed by atoms with Gasteiger partial charge in [-0.3, -0.25) is 4.90 Å². The van der Waals surface area contributed by atoms with Gasteiger partial charge in [0.2, 0.25) is 0 Å². The van der Waals surface area contributed by atoms with Gasteiger partial charge in [-0.2, -0.15) is 0 Å². The maximum Gasteiger partial charge on any atom is 0.0166 e. The lowest BCUT2D eigenvalue weighted by molar-refractivity contribution is 0.112. The summed E-state index contributed by atoms with van der Waals surface area (Å²) in [5, 5.41) is 3.58. The van der Waals surface area contributed by atoms with Crippen molar-refractivity contribution in [3.63, 3.8) is 0 Å². The van der Waals surface area contributed by atoms with Gasteiger partial charge in [-0.05, 0) is 44.7 Å². The highest BCUT2D eigenvalue weighted by molar-refractivity contribution is 4.93. The van der Waals surface area contributed by atoms with Gasteiger partial charge >= 0.3 is 0 Å². The third kappa shape index (κ3) is 2.54. The molecule has 1 aliphatic heterocycles. The fourth-order valence-electron chi connectivity index (χ4n) is 3.41.